The molecule has 1 fully saturated rings. The van der Waals surface area contributed by atoms with Crippen molar-refractivity contribution in [3.63, 3.8) is 0 Å². The number of hydrazine groups is 1. The Balaban J connectivity index is 1.29. The van der Waals surface area contributed by atoms with Gasteiger partial charge in [-0.15, -0.1) is 0 Å². The number of fused-ring (bicyclic) bond motifs is 1. The predicted molar refractivity (Wildman–Crippen MR) is 319 cm³/mol. The highest BCUT2D eigenvalue weighted by molar-refractivity contribution is 5.99. The molecule has 0 spiro atoms. The van der Waals surface area contributed by atoms with Crippen LogP contribution in [0.5, 0.6) is 5.75 Å². The molecule has 88 heavy (non-hydrogen) atoms. The number of hydrogen-bond acceptors (Lipinski definition) is 16. The number of carbonyl (C=O) groups excluding carboxylic acids is 11. The molecule has 5 rings (SSSR count). The molecular formula is C58H80N16O14. The third kappa shape index (κ3) is 21.1. The van der Waals surface area contributed by atoms with Crippen molar-refractivity contribution in [2.24, 2.45) is 39.7 Å². The van der Waals surface area contributed by atoms with Gasteiger partial charge in [-0.25, -0.2) is 5.84 Å². The van der Waals surface area contributed by atoms with E-state index in [1.54, 1.807) is 50.4 Å². The minimum absolute atomic E-state index is 0.00422. The van der Waals surface area contributed by atoms with Crippen molar-refractivity contribution < 1.29 is 68.1 Å². The lowest BCUT2D eigenvalue weighted by molar-refractivity contribution is -0.143. The second-order valence-corrected chi connectivity index (χ2v) is 22.0. The lowest BCUT2D eigenvalue weighted by atomic mass is 10.0. The van der Waals surface area contributed by atoms with Gasteiger partial charge >= 0.3 is 0 Å². The number of aromatic nitrogens is 1. The summed E-state index contributed by atoms with van der Waals surface area (Å²) in [6.45, 7) is 4.59. The Bertz CT molecular complexity index is 3150. The SMILES string of the molecule is CC(=O)N[C@H](Cc1ccc(O)cc1)C(=O)N1C[C@H](O)C[C@H]1C(=O)N[C@@H](CC(N)=O)C(=O)N[C@H](C(=O)N[C@@H](Cc1ccccc1)C(=O)N(N)CC(=O)N[C@@H](CC(C)C)C(=O)N[C@@H](CCCN=C(N)N)C(=O)N[C@@H](Cc1c[nH]c2ccccc12)C(N)=O)[C@@H](C)O. The van der Waals surface area contributed by atoms with E-state index in [-0.39, 0.29) is 75.7 Å². The second kappa shape index (κ2) is 32.7. The van der Waals surface area contributed by atoms with Gasteiger partial charge in [0.1, 0.15) is 60.6 Å². The molecule has 0 radical (unpaired) electrons. The number of carbonyl (C=O) groups is 11. The maximum Gasteiger partial charge on any atom is 0.259 e. The largest absolute Gasteiger partial charge is 0.508 e. The molecule has 0 unspecified atom stereocenters. The van der Waals surface area contributed by atoms with Crippen molar-refractivity contribution in [3.8, 4) is 5.75 Å². The van der Waals surface area contributed by atoms with Crippen LogP contribution in [-0.2, 0) is 72.0 Å². The van der Waals surface area contributed by atoms with Gasteiger partial charge in [-0.2, -0.15) is 0 Å². The maximum atomic E-state index is 14.3. The van der Waals surface area contributed by atoms with E-state index in [4.69, 9.17) is 28.8 Å². The van der Waals surface area contributed by atoms with Gasteiger partial charge in [-0.3, -0.25) is 62.7 Å². The highest BCUT2D eigenvalue weighted by atomic mass is 16.3. The van der Waals surface area contributed by atoms with Crippen molar-refractivity contribution in [1.82, 2.24) is 52.1 Å². The van der Waals surface area contributed by atoms with E-state index in [9.17, 15) is 68.1 Å². The van der Waals surface area contributed by atoms with Crippen LogP contribution in [0, 0.1) is 5.92 Å². The van der Waals surface area contributed by atoms with Crippen molar-refractivity contribution in [3.05, 3.63) is 102 Å². The van der Waals surface area contributed by atoms with Gasteiger partial charge in [-0.05, 0) is 67.0 Å². The number of para-hydroxylation sites is 1. The molecule has 1 aliphatic heterocycles. The highest BCUT2D eigenvalue weighted by Crippen LogP contribution is 2.23. The van der Waals surface area contributed by atoms with E-state index >= 15 is 0 Å². The highest BCUT2D eigenvalue weighted by Gasteiger charge is 2.43. The molecule has 0 bridgehead atoms. The molecule has 4 aromatic rings. The Morgan fingerprint density at radius 2 is 1.30 bits per heavy atom. The van der Waals surface area contributed by atoms with E-state index in [0.717, 1.165) is 22.7 Å². The van der Waals surface area contributed by atoms with Crippen molar-refractivity contribution >= 4 is 81.8 Å². The molecule has 476 valence electrons. The number of nitrogens with zero attached hydrogens (tertiary/aromatic N) is 3. The van der Waals surface area contributed by atoms with Crippen LogP contribution in [0.2, 0.25) is 0 Å². The number of nitrogens with one attached hydrogen (secondary N) is 8. The summed E-state index contributed by atoms with van der Waals surface area (Å²) >= 11 is 0. The normalized spacial score (nSPS) is 16.4. The number of aromatic amines is 1. The number of likely N-dealkylation sites (tertiary alicyclic amines) is 1. The zero-order chi connectivity index (χ0) is 64.9. The molecule has 11 amide bonds. The number of H-pyrrole nitrogens is 1. The number of primary amides is 2. The van der Waals surface area contributed by atoms with Crippen LogP contribution in [0.1, 0.15) is 76.5 Å². The molecule has 1 aromatic heterocycles. The maximum absolute atomic E-state index is 14.3. The Hall–Kier alpha value is -9.68. The number of nitrogens with two attached hydrogens (primary N) is 5. The number of aliphatic hydroxyl groups excluding tert-OH is 2. The average Bonchev–Trinajstić information content (AvgIpc) is 4.06. The first-order valence-electron chi connectivity index (χ1n) is 28.4. The van der Waals surface area contributed by atoms with Gasteiger partial charge in [-0.1, -0.05) is 74.5 Å². The van der Waals surface area contributed by atoms with Crippen molar-refractivity contribution in [1.29, 1.82) is 0 Å². The lowest BCUT2D eigenvalue weighted by Gasteiger charge is -2.30. The summed E-state index contributed by atoms with van der Waals surface area (Å²) in [4.78, 5) is 158. The number of rotatable bonds is 32. The molecule has 2 heterocycles. The number of aliphatic hydroxyl groups is 2. The van der Waals surface area contributed by atoms with Gasteiger partial charge in [0.05, 0.1) is 18.6 Å². The van der Waals surface area contributed by atoms with Gasteiger partial charge in [0.25, 0.3) is 5.91 Å². The molecule has 30 heteroatoms. The first-order valence-corrected chi connectivity index (χ1v) is 28.4. The number of hydrogen-bond donors (Lipinski definition) is 16. The molecule has 10 atom stereocenters. The summed E-state index contributed by atoms with van der Waals surface area (Å²) < 4.78 is 0. The Kier molecular flexibility index (Phi) is 25.7. The number of phenolic OH excluding ortho intramolecular Hbond substituents is 1. The van der Waals surface area contributed by atoms with Crippen LogP contribution in [0.25, 0.3) is 10.9 Å². The fourth-order valence-corrected chi connectivity index (χ4v) is 9.90. The Labute approximate surface area is 506 Å². The van der Waals surface area contributed by atoms with Gasteiger partial charge in [0.15, 0.2) is 5.96 Å². The standard InChI is InChI=1S/C58H80N16O14/c1-30(2)21-42(52(83)68-40(15-10-20-64-58(61)62)51(82)69-41(50(60)81)24-35-27-65-39-14-9-8-13-38(35)39)67-48(80)29-74(63)57(88)45(22-33-11-6-5-7-12-33)71-55(86)49(31(3)75)72-53(84)43(26-47(59)79)70-54(85)46-25-37(78)28-73(46)56(87)44(66-32(4)76)23-34-16-18-36(77)19-17-34/h5-9,11-14,16-19,27,30-31,37,40-46,49,65,75,77-78H,10,15,20-26,28-29,63H2,1-4H3,(H2,59,79)(H2,60,81)(H,66,76)(H,67,80)(H,68,83)(H,69,82)(H,70,85)(H,71,86)(H,72,84)(H4,61,62,64)/t31-,37-,40+,41+,42+,43+,44-,45+,46+,49+/m1/s1. The van der Waals surface area contributed by atoms with Crippen molar-refractivity contribution in [2.75, 3.05) is 19.6 Å². The van der Waals surface area contributed by atoms with E-state index in [1.165, 1.54) is 31.2 Å². The minimum atomic E-state index is -1.92. The monoisotopic (exact) mass is 1220 g/mol. The number of β-amino-alcohol motifs (C(OH)–C–C–N with tert-alkyl or cyclic N) is 1. The van der Waals surface area contributed by atoms with E-state index < -0.39 is 138 Å². The number of benzene rings is 3. The fraction of sp³-hybridized carbons (Fsp3) is 0.448. The Morgan fingerprint density at radius 1 is 0.693 bits per heavy atom. The summed E-state index contributed by atoms with van der Waals surface area (Å²) in [5.74, 6) is -4.67. The van der Waals surface area contributed by atoms with Crippen LogP contribution in [0.4, 0.5) is 0 Å². The molecule has 21 N–H and O–H groups in total. The second-order valence-electron chi connectivity index (χ2n) is 22.0. The number of amides is 11. The fourth-order valence-electron chi connectivity index (χ4n) is 9.90. The van der Waals surface area contributed by atoms with Crippen LogP contribution in [-0.4, -0.2) is 181 Å². The first-order chi connectivity index (χ1) is 41.6. The molecule has 1 aliphatic rings. The quantitative estimate of drug-likeness (QED) is 0.00551. The van der Waals surface area contributed by atoms with E-state index in [0.29, 0.717) is 21.7 Å². The third-order valence-corrected chi connectivity index (χ3v) is 14.2. The minimum Gasteiger partial charge on any atom is -0.508 e. The van der Waals surface area contributed by atoms with Crippen molar-refractivity contribution in [2.45, 2.75) is 140 Å². The summed E-state index contributed by atoms with van der Waals surface area (Å²) in [7, 11) is 0. The molecule has 30 nitrogen and oxygen atoms in total. The molecule has 0 aliphatic carbocycles. The summed E-state index contributed by atoms with van der Waals surface area (Å²) in [6, 6.07) is 9.30. The number of phenols is 1. The molecule has 1 saturated heterocycles. The number of guanidine groups is 1. The Morgan fingerprint density at radius 3 is 1.92 bits per heavy atom. The smallest absolute Gasteiger partial charge is 0.259 e. The topological polar surface area (TPSA) is 497 Å². The number of aliphatic imine (C=N–C) groups is 1. The van der Waals surface area contributed by atoms with Crippen LogP contribution < -0.4 is 66.0 Å². The average molecular weight is 1230 g/mol. The van der Waals surface area contributed by atoms with E-state index in [2.05, 4.69) is 47.2 Å². The first kappa shape index (κ1) is 69.1. The summed E-state index contributed by atoms with van der Waals surface area (Å²) in [5, 5.41) is 50.1. The summed E-state index contributed by atoms with van der Waals surface area (Å²) in [6.07, 6.45) is -2.70. The summed E-state index contributed by atoms with van der Waals surface area (Å²) in [5.41, 5.74) is 24.7. The van der Waals surface area contributed by atoms with Gasteiger partial charge < -0.3 is 85.4 Å². The van der Waals surface area contributed by atoms with Crippen LogP contribution in [0.3, 0.4) is 0 Å². The van der Waals surface area contributed by atoms with Crippen LogP contribution >= 0.6 is 0 Å². The molecule has 3 aromatic carbocycles. The van der Waals surface area contributed by atoms with Gasteiger partial charge in [0.2, 0.25) is 59.1 Å². The third-order valence-electron chi connectivity index (χ3n) is 14.2. The zero-order valence-corrected chi connectivity index (χ0v) is 49.3. The predicted octanol–water partition coefficient (Wildman–Crippen LogP) is -4.18. The molecular weight excluding hydrogens is 1140 g/mol. The number of aromatic hydroxyl groups is 1. The van der Waals surface area contributed by atoms with Gasteiger partial charge in [0, 0.05) is 62.8 Å². The van der Waals surface area contributed by atoms with Crippen LogP contribution in [0.15, 0.2) is 90.1 Å². The molecule has 0 saturated carbocycles. The van der Waals surface area contributed by atoms with E-state index in [1.807, 2.05) is 24.3 Å². The lowest BCUT2D eigenvalue weighted by Crippen LogP contribution is -2.62. The zero-order valence-electron chi connectivity index (χ0n) is 49.3.